The number of anilines is 2. The average Bonchev–Trinajstić information content (AvgIpc) is 3.04. The predicted octanol–water partition coefficient (Wildman–Crippen LogP) is 7.17. The van der Waals surface area contributed by atoms with Crippen molar-refractivity contribution in [1.82, 2.24) is 4.31 Å². The third kappa shape index (κ3) is 6.57. The zero-order chi connectivity index (χ0) is 30.7. The Kier molecular flexibility index (Phi) is 9.52. The lowest BCUT2D eigenvalue weighted by molar-refractivity contribution is -0.0500. The molecule has 42 heavy (non-hydrogen) atoms. The molecule has 3 aromatic carbocycles. The van der Waals surface area contributed by atoms with Crippen molar-refractivity contribution < 1.29 is 44.4 Å². The van der Waals surface area contributed by atoms with E-state index in [2.05, 4.69) is 4.18 Å². The molecule has 1 heterocycles. The maximum absolute atomic E-state index is 13.2. The minimum absolute atomic E-state index is 0.0752. The number of fused-ring (bicyclic) bond motifs is 1. The maximum atomic E-state index is 13.2. The van der Waals surface area contributed by atoms with Crippen LogP contribution in [0.4, 0.5) is 24.5 Å². The summed E-state index contributed by atoms with van der Waals surface area (Å²) in [6.45, 7) is 2.38. The summed E-state index contributed by atoms with van der Waals surface area (Å²) in [5.41, 5.74) is -4.07. The Morgan fingerprint density at radius 3 is 2.21 bits per heavy atom. The molecule has 0 radical (unpaired) electrons. The molecule has 14 heteroatoms. The van der Waals surface area contributed by atoms with Crippen molar-refractivity contribution in [3.05, 3.63) is 72.3 Å². The second-order valence-electron chi connectivity index (χ2n) is 9.64. The molecule has 0 fully saturated rings. The van der Waals surface area contributed by atoms with E-state index in [1.165, 1.54) is 17.5 Å². The Morgan fingerprint density at radius 2 is 1.64 bits per heavy atom. The third-order valence-electron chi connectivity index (χ3n) is 6.90. The molecule has 9 nitrogen and oxygen atoms in total. The average molecular weight is 631 g/mol. The van der Waals surface area contributed by atoms with Crippen molar-refractivity contribution in [3.63, 3.8) is 0 Å². The Morgan fingerprint density at radius 1 is 0.976 bits per heavy atom. The molecule has 0 aliphatic carbocycles. The second kappa shape index (κ2) is 12.6. The summed E-state index contributed by atoms with van der Waals surface area (Å²) >= 11 is 0. The van der Waals surface area contributed by atoms with Gasteiger partial charge in [0.15, 0.2) is 11.5 Å². The van der Waals surface area contributed by atoms with Gasteiger partial charge < -0.3 is 18.6 Å². The van der Waals surface area contributed by atoms with Crippen LogP contribution < -0.4 is 18.6 Å². The third-order valence-corrected chi connectivity index (χ3v) is 9.86. The van der Waals surface area contributed by atoms with Crippen molar-refractivity contribution in [3.8, 4) is 17.2 Å². The minimum Gasteiger partial charge on any atom is -0.497 e. The molecule has 3 aromatic rings. The molecule has 1 atom stereocenters. The summed E-state index contributed by atoms with van der Waals surface area (Å²) in [4.78, 5) is 1.62. The first-order valence-corrected chi connectivity index (χ1v) is 16.0. The smallest absolute Gasteiger partial charge is 0.497 e. The van der Waals surface area contributed by atoms with Gasteiger partial charge in [-0.2, -0.15) is 25.9 Å². The molecule has 0 amide bonds. The quantitative estimate of drug-likeness (QED) is 0.178. The second-order valence-corrected chi connectivity index (χ2v) is 13.1. The molecule has 4 rings (SSSR count). The van der Waals surface area contributed by atoms with Crippen LogP contribution in [0.5, 0.6) is 17.2 Å². The zero-order valence-electron chi connectivity index (χ0n) is 23.2. The highest BCUT2D eigenvalue weighted by Gasteiger charge is 2.49. The van der Waals surface area contributed by atoms with Crippen LogP contribution in [0, 0.1) is 0 Å². The highest BCUT2D eigenvalue weighted by Crippen LogP contribution is 2.61. The monoisotopic (exact) mass is 630 g/mol. The van der Waals surface area contributed by atoms with E-state index in [0.717, 1.165) is 31.6 Å². The summed E-state index contributed by atoms with van der Waals surface area (Å²) in [6, 6.07) is 17.8. The summed E-state index contributed by atoms with van der Waals surface area (Å²) in [6.07, 6.45) is 2.17. The van der Waals surface area contributed by atoms with Crippen LogP contribution in [-0.2, 0) is 16.7 Å². The number of hydrogen-bond acceptors (Lipinski definition) is 9. The molecule has 1 unspecified atom stereocenters. The van der Waals surface area contributed by atoms with Gasteiger partial charge in [0.05, 0.1) is 19.9 Å². The normalized spacial score (nSPS) is 18.1. The van der Waals surface area contributed by atoms with Crippen LogP contribution in [0.3, 0.4) is 0 Å². The number of para-hydroxylation sites is 1. The van der Waals surface area contributed by atoms with Gasteiger partial charge >= 0.3 is 15.6 Å². The van der Waals surface area contributed by atoms with E-state index in [4.69, 9.17) is 9.47 Å². The summed E-state index contributed by atoms with van der Waals surface area (Å²) in [7, 11) is -7.35. The number of halogens is 3. The molecule has 2 N–H and O–H groups in total. The van der Waals surface area contributed by atoms with Gasteiger partial charge in [-0.05, 0) is 36.2 Å². The number of benzene rings is 3. The van der Waals surface area contributed by atoms with Gasteiger partial charge in [-0.15, -0.1) is 10.8 Å². The Balaban J connectivity index is 1.93. The van der Waals surface area contributed by atoms with Crippen molar-refractivity contribution in [1.29, 1.82) is 0 Å². The van der Waals surface area contributed by atoms with Crippen LogP contribution in [0.15, 0.2) is 71.6 Å². The molecule has 0 bridgehead atoms. The SMILES string of the molecule is CCCCC1CN(c2ccccc2)c2cc(OC)c(OS(=O)(=O)C(F)(F)F)cc2S(O)(O)N1Cc1ccc(OC)cc1. The Bertz CT molecular complexity index is 1470. The fourth-order valence-electron chi connectivity index (χ4n) is 4.74. The van der Waals surface area contributed by atoms with Gasteiger partial charge in [-0.3, -0.25) is 9.11 Å². The highest BCUT2D eigenvalue weighted by molar-refractivity contribution is 8.22. The topological polar surface area (TPSA) is 109 Å². The summed E-state index contributed by atoms with van der Waals surface area (Å²) in [5.74, 6) is -0.534. The minimum atomic E-state index is -6.09. The number of alkyl halides is 3. The van der Waals surface area contributed by atoms with E-state index < -0.39 is 38.2 Å². The van der Waals surface area contributed by atoms with E-state index in [1.807, 2.05) is 30.0 Å². The first kappa shape index (κ1) is 31.8. The molecular weight excluding hydrogens is 597 g/mol. The molecule has 0 saturated carbocycles. The molecule has 0 spiro atoms. The lowest BCUT2D eigenvalue weighted by atomic mass is 10.1. The molecule has 1 aliphatic heterocycles. The lowest BCUT2D eigenvalue weighted by Crippen LogP contribution is -2.41. The maximum Gasteiger partial charge on any atom is 0.534 e. The van der Waals surface area contributed by atoms with Crippen LogP contribution in [0.1, 0.15) is 31.7 Å². The molecule has 0 aromatic heterocycles. The molecule has 1 aliphatic rings. The van der Waals surface area contributed by atoms with Crippen molar-refractivity contribution in [2.24, 2.45) is 0 Å². The molecular formula is C28H33F3N2O7S2. The first-order chi connectivity index (χ1) is 19.8. The van der Waals surface area contributed by atoms with Crippen LogP contribution >= 0.6 is 10.8 Å². The summed E-state index contributed by atoms with van der Waals surface area (Å²) < 4.78 is 104. The van der Waals surface area contributed by atoms with Gasteiger partial charge in [-0.25, -0.2) is 0 Å². The Labute approximate surface area is 245 Å². The van der Waals surface area contributed by atoms with E-state index >= 15 is 0 Å². The van der Waals surface area contributed by atoms with Crippen molar-refractivity contribution in [2.75, 3.05) is 25.7 Å². The van der Waals surface area contributed by atoms with Gasteiger partial charge in [0, 0.05) is 37.0 Å². The number of hydrogen-bond donors (Lipinski definition) is 2. The fourth-order valence-corrected chi connectivity index (χ4v) is 7.09. The van der Waals surface area contributed by atoms with Crippen LogP contribution in [-0.4, -0.2) is 54.1 Å². The number of methoxy groups -OCH3 is 2. The summed E-state index contributed by atoms with van der Waals surface area (Å²) in [5, 5.41) is 0. The van der Waals surface area contributed by atoms with E-state index in [1.54, 1.807) is 36.4 Å². The first-order valence-electron chi connectivity index (χ1n) is 13.1. The Hall–Kier alpha value is -3.17. The zero-order valence-corrected chi connectivity index (χ0v) is 24.9. The van der Waals surface area contributed by atoms with Crippen molar-refractivity contribution in [2.45, 2.75) is 49.2 Å². The highest BCUT2D eigenvalue weighted by atomic mass is 32.3. The van der Waals surface area contributed by atoms with E-state index in [9.17, 15) is 30.7 Å². The largest absolute Gasteiger partial charge is 0.534 e. The fraction of sp³-hybridized carbons (Fsp3) is 0.357. The lowest BCUT2D eigenvalue weighted by Gasteiger charge is -2.45. The molecule has 230 valence electrons. The van der Waals surface area contributed by atoms with E-state index in [0.29, 0.717) is 17.9 Å². The van der Waals surface area contributed by atoms with Crippen LogP contribution in [0.25, 0.3) is 0 Å². The van der Waals surface area contributed by atoms with E-state index in [-0.39, 0.29) is 29.4 Å². The standard InChI is InChI=1S/C28H33F3N2O7S2/c1-4-5-9-22-19-32(21-10-7-6-8-11-21)24-16-25(39-3)26(40-42(36,37)28(29,30)31)17-27(24)41(34,35)33(22)18-20-12-14-23(38-2)15-13-20/h6-8,10-17,22,34-35H,4-5,9,18-19H2,1-3H3. The van der Waals surface area contributed by atoms with Crippen molar-refractivity contribution >= 4 is 32.3 Å². The van der Waals surface area contributed by atoms with Crippen LogP contribution in [0.2, 0.25) is 0 Å². The number of ether oxygens (including phenoxy) is 2. The predicted molar refractivity (Wildman–Crippen MR) is 155 cm³/mol. The van der Waals surface area contributed by atoms with Gasteiger partial charge in [0.25, 0.3) is 0 Å². The number of unbranched alkanes of at least 4 members (excludes halogenated alkanes) is 1. The number of nitrogens with zero attached hydrogens (tertiary/aromatic N) is 2. The van der Waals surface area contributed by atoms with Gasteiger partial charge in [0.1, 0.15) is 10.6 Å². The van der Waals surface area contributed by atoms with Gasteiger partial charge in [-0.1, -0.05) is 50.1 Å². The molecule has 0 saturated heterocycles. The van der Waals surface area contributed by atoms with Gasteiger partial charge in [0.2, 0.25) is 0 Å². The number of rotatable bonds is 10.